The number of ketones is 1. The standard InChI is InChI=1S/C20H24N8O12S2/c1-20(2,17(33)34)40-25-14(15-24-18(21)41-26-15)12(30)4-9-10(28(16(9)32)42(37,38)39)6-23-19(35)22-5-8-3-11(29)13(31)7-27(8)36/h3,7,9-10,31,36H,4-6H2,1-2H3,(H,33,34)(H2,21,24,26)(H2,22,23,35)(H,37,38,39)/b25-14+/t9-,10+/m0/s1. The maximum atomic E-state index is 13.1. The van der Waals surface area contributed by atoms with Crippen molar-refractivity contribution >= 4 is 56.4 Å². The second-order valence-corrected chi connectivity index (χ2v) is 11.2. The van der Waals surface area contributed by atoms with Gasteiger partial charge in [0.2, 0.25) is 22.8 Å². The lowest BCUT2D eigenvalue weighted by Crippen LogP contribution is -2.66. The number of oxime groups is 1. The summed E-state index contributed by atoms with van der Waals surface area (Å²) in [7, 11) is -5.11. The smallest absolute Gasteiger partial charge is 0.362 e. The molecule has 3 amide bonds. The number of carbonyl (C=O) groups is 4. The molecular weight excluding hydrogens is 608 g/mol. The number of carbonyl (C=O) groups excluding carboxylic acids is 3. The molecule has 0 aromatic carbocycles. The van der Waals surface area contributed by atoms with Crippen molar-refractivity contribution in [3.8, 4) is 5.75 Å². The molecule has 2 atom stereocenters. The van der Waals surface area contributed by atoms with Gasteiger partial charge < -0.3 is 36.6 Å². The molecule has 3 heterocycles. The number of urea groups is 1. The number of aliphatic carboxylic acids is 1. The van der Waals surface area contributed by atoms with Gasteiger partial charge >= 0.3 is 22.3 Å². The van der Waals surface area contributed by atoms with Gasteiger partial charge in [-0.15, -0.1) is 0 Å². The summed E-state index contributed by atoms with van der Waals surface area (Å²) in [4.78, 5) is 69.7. The molecule has 0 aliphatic carbocycles. The van der Waals surface area contributed by atoms with Crippen molar-refractivity contribution in [3.63, 3.8) is 0 Å². The van der Waals surface area contributed by atoms with E-state index in [1.807, 2.05) is 0 Å². The van der Waals surface area contributed by atoms with E-state index >= 15 is 0 Å². The van der Waals surface area contributed by atoms with E-state index in [-0.39, 0.29) is 21.0 Å². The fraction of sp³-hybridized carbons (Fsp3) is 0.400. The summed E-state index contributed by atoms with van der Waals surface area (Å²) in [6, 6.07) is -1.59. The number of pyridine rings is 1. The molecule has 42 heavy (non-hydrogen) atoms. The molecule has 1 fully saturated rings. The van der Waals surface area contributed by atoms with E-state index in [1.54, 1.807) is 0 Å². The van der Waals surface area contributed by atoms with Crippen molar-refractivity contribution < 1.29 is 52.4 Å². The molecule has 0 radical (unpaired) electrons. The number of Topliss-reactive ketones (excluding diaryl/α,β-unsaturated/α-hetero) is 1. The van der Waals surface area contributed by atoms with Crippen LogP contribution in [0.3, 0.4) is 0 Å². The Balaban J connectivity index is 1.76. The molecule has 0 bridgehead atoms. The first-order valence-electron chi connectivity index (χ1n) is 11.5. The maximum absolute atomic E-state index is 13.1. The van der Waals surface area contributed by atoms with E-state index < -0.39 is 88.0 Å². The van der Waals surface area contributed by atoms with Crippen LogP contribution in [0, 0.1) is 5.92 Å². The minimum absolute atomic E-state index is 0.0521. The third-order valence-electron chi connectivity index (χ3n) is 5.74. The number of anilines is 1. The van der Waals surface area contributed by atoms with Crippen LogP contribution in [0.1, 0.15) is 31.8 Å². The summed E-state index contributed by atoms with van der Waals surface area (Å²) < 4.78 is 37.3. The van der Waals surface area contributed by atoms with Crippen LogP contribution in [0.5, 0.6) is 5.75 Å². The summed E-state index contributed by atoms with van der Waals surface area (Å²) in [5.74, 6) is -6.13. The van der Waals surface area contributed by atoms with Gasteiger partial charge in [-0.2, -0.15) is 22.5 Å². The van der Waals surface area contributed by atoms with Gasteiger partial charge in [-0.1, -0.05) is 5.16 Å². The zero-order valence-corrected chi connectivity index (χ0v) is 23.2. The number of nitrogen functional groups attached to an aromatic ring is 1. The normalized spacial score (nSPS) is 17.4. The quantitative estimate of drug-likeness (QED) is 0.0433. The van der Waals surface area contributed by atoms with Crippen LogP contribution in [0.25, 0.3) is 0 Å². The predicted molar refractivity (Wildman–Crippen MR) is 139 cm³/mol. The number of aromatic nitrogens is 3. The molecule has 0 spiro atoms. The van der Waals surface area contributed by atoms with Gasteiger partial charge in [0, 0.05) is 30.6 Å². The SMILES string of the molecule is CC(C)(O/N=C(\C(=O)C[C@@H]1C(=O)N(S(=O)(=O)O)[C@@H]1CNC(=O)NCc1cc(=O)c(O)cn1O)c1nsc(N)n1)C(=O)O. The highest BCUT2D eigenvalue weighted by atomic mass is 32.2. The molecule has 0 unspecified atom stereocenters. The van der Waals surface area contributed by atoms with Crippen LogP contribution in [0.2, 0.25) is 0 Å². The molecule has 2 aromatic heterocycles. The Morgan fingerprint density at radius 3 is 2.50 bits per heavy atom. The number of carboxylic acids is 1. The molecule has 1 aliphatic heterocycles. The van der Waals surface area contributed by atoms with Gasteiger partial charge in [-0.3, -0.25) is 18.9 Å². The maximum Gasteiger partial charge on any atom is 0.362 e. The van der Waals surface area contributed by atoms with Crippen LogP contribution in [0.4, 0.5) is 9.93 Å². The lowest BCUT2D eigenvalue weighted by molar-refractivity contribution is -0.161. The number of rotatable bonds is 12. The summed E-state index contributed by atoms with van der Waals surface area (Å²) in [6.45, 7) is 1.24. The highest BCUT2D eigenvalue weighted by molar-refractivity contribution is 7.84. The van der Waals surface area contributed by atoms with Crippen LogP contribution >= 0.6 is 11.5 Å². The van der Waals surface area contributed by atoms with Crippen molar-refractivity contribution in [2.24, 2.45) is 11.1 Å². The Kier molecular flexibility index (Phi) is 9.02. The van der Waals surface area contributed by atoms with Gasteiger partial charge in [0.25, 0.3) is 0 Å². The van der Waals surface area contributed by atoms with Crippen LogP contribution in [-0.4, -0.2) is 94.4 Å². The van der Waals surface area contributed by atoms with Crippen molar-refractivity contribution in [1.29, 1.82) is 0 Å². The molecule has 1 aliphatic rings. The third kappa shape index (κ3) is 7.08. The van der Waals surface area contributed by atoms with E-state index in [4.69, 9.17) is 10.6 Å². The van der Waals surface area contributed by atoms with Crippen molar-refractivity contribution in [2.75, 3.05) is 12.3 Å². The average Bonchev–Trinajstić information content (AvgIpc) is 3.30. The third-order valence-corrected chi connectivity index (χ3v) is 7.23. The summed E-state index contributed by atoms with van der Waals surface area (Å²) in [5.41, 5.74) is 2.06. The molecule has 20 nitrogen and oxygen atoms in total. The van der Waals surface area contributed by atoms with Crippen LogP contribution < -0.4 is 21.8 Å². The van der Waals surface area contributed by atoms with Crippen LogP contribution in [-0.2, 0) is 36.1 Å². The Morgan fingerprint density at radius 1 is 1.26 bits per heavy atom. The lowest BCUT2D eigenvalue weighted by Gasteiger charge is -2.43. The number of hydrogen-bond donors (Lipinski definition) is 7. The molecule has 8 N–H and O–H groups in total. The molecule has 228 valence electrons. The molecule has 1 saturated heterocycles. The number of aromatic hydroxyl groups is 1. The van der Waals surface area contributed by atoms with E-state index in [1.165, 1.54) is 0 Å². The van der Waals surface area contributed by atoms with Gasteiger partial charge in [0.05, 0.1) is 30.4 Å². The minimum atomic E-state index is -5.11. The fourth-order valence-corrected chi connectivity index (χ4v) is 4.83. The van der Waals surface area contributed by atoms with Crippen molar-refractivity contribution in [1.82, 2.24) is 29.0 Å². The van der Waals surface area contributed by atoms with E-state index in [0.29, 0.717) is 22.5 Å². The van der Waals surface area contributed by atoms with Gasteiger partial charge in [-0.25, -0.2) is 13.9 Å². The van der Waals surface area contributed by atoms with Gasteiger partial charge in [0.15, 0.2) is 22.4 Å². The Labute approximate surface area is 239 Å². The zero-order valence-electron chi connectivity index (χ0n) is 21.6. The highest BCUT2D eigenvalue weighted by Gasteiger charge is 2.54. The molecule has 3 rings (SSSR count). The van der Waals surface area contributed by atoms with Crippen molar-refractivity contribution in [3.05, 3.63) is 34.0 Å². The first-order chi connectivity index (χ1) is 19.4. The second kappa shape index (κ2) is 12.0. The average molecular weight is 633 g/mol. The number of nitrogens with zero attached hydrogens (tertiary/aromatic N) is 5. The summed E-state index contributed by atoms with van der Waals surface area (Å²) in [5, 5.41) is 36.2. The topological polar surface area (TPSA) is 306 Å². The Bertz CT molecular complexity index is 1620. The molecule has 2 aromatic rings. The second-order valence-electron chi connectivity index (χ2n) is 9.14. The summed E-state index contributed by atoms with van der Waals surface area (Å²) in [6.07, 6.45) is -0.0541. The molecule has 22 heteroatoms. The Morgan fingerprint density at radius 2 is 1.93 bits per heavy atom. The zero-order chi connectivity index (χ0) is 31.6. The number of nitrogens with two attached hydrogens (primary N) is 1. The number of β-lactam (4-membered cyclic amide) rings is 1. The molecule has 0 saturated carbocycles. The van der Waals surface area contributed by atoms with Gasteiger partial charge in [0.1, 0.15) is 0 Å². The number of nitrogens with one attached hydrogen (secondary N) is 2. The number of amides is 3. The Hall–Kier alpha value is -4.83. The van der Waals surface area contributed by atoms with Gasteiger partial charge in [-0.05, 0) is 13.8 Å². The van der Waals surface area contributed by atoms with E-state index in [0.717, 1.165) is 19.9 Å². The van der Waals surface area contributed by atoms with E-state index in [9.17, 15) is 52.4 Å². The minimum Gasteiger partial charge on any atom is -0.503 e. The van der Waals surface area contributed by atoms with E-state index in [2.05, 4.69) is 25.1 Å². The fourth-order valence-electron chi connectivity index (χ4n) is 3.47. The predicted octanol–water partition coefficient (Wildman–Crippen LogP) is -2.10. The first kappa shape index (κ1) is 31.7. The number of hydrogen-bond acceptors (Lipinski definition) is 15. The summed E-state index contributed by atoms with van der Waals surface area (Å²) >= 11 is 0.673. The lowest BCUT2D eigenvalue weighted by atomic mass is 9.85. The van der Waals surface area contributed by atoms with Crippen molar-refractivity contribution in [2.45, 2.75) is 38.5 Å². The monoisotopic (exact) mass is 632 g/mol. The largest absolute Gasteiger partial charge is 0.503 e. The molecular formula is C20H24N8O12S2. The number of carboxylic acid groups (broad SMARTS) is 1. The highest BCUT2D eigenvalue weighted by Crippen LogP contribution is 2.32. The van der Waals surface area contributed by atoms with Crippen LogP contribution in [0.15, 0.2) is 22.2 Å². The first-order valence-corrected chi connectivity index (χ1v) is 13.7.